The van der Waals surface area contributed by atoms with Gasteiger partial charge in [-0.3, -0.25) is 4.79 Å². The van der Waals surface area contributed by atoms with Gasteiger partial charge in [0.15, 0.2) is 6.10 Å². The molecule has 2 aromatic carbocycles. The lowest BCUT2D eigenvalue weighted by Gasteiger charge is -2.18. The van der Waals surface area contributed by atoms with E-state index < -0.39 is 6.10 Å². The molecule has 0 heterocycles. The van der Waals surface area contributed by atoms with Crippen LogP contribution in [0.25, 0.3) is 0 Å². The Hall–Kier alpha value is -2.49. The number of carbonyl (C=O) groups is 1. The number of hydrogen-bond acceptors (Lipinski definition) is 3. The summed E-state index contributed by atoms with van der Waals surface area (Å²) >= 11 is 0. The second-order valence-electron chi connectivity index (χ2n) is 5.72. The number of methoxy groups -OCH3 is 1. The highest BCUT2D eigenvalue weighted by Crippen LogP contribution is 2.26. The van der Waals surface area contributed by atoms with Gasteiger partial charge in [0.2, 0.25) is 0 Å². The maximum Gasteiger partial charge on any atom is 0.265 e. The van der Waals surface area contributed by atoms with Gasteiger partial charge < -0.3 is 14.8 Å². The molecule has 0 bridgehead atoms. The molecule has 0 spiro atoms. The minimum Gasteiger partial charge on any atom is -0.495 e. The summed E-state index contributed by atoms with van der Waals surface area (Å²) in [6, 6.07) is 11.6. The third-order valence-electron chi connectivity index (χ3n) is 3.63. The number of rotatable bonds is 5. The maximum atomic E-state index is 12.4. The zero-order chi connectivity index (χ0) is 17.0. The maximum absolute atomic E-state index is 12.4. The number of ether oxygens (including phenoxy) is 2. The summed E-state index contributed by atoms with van der Waals surface area (Å²) in [7, 11) is 1.58. The molecule has 1 atom stereocenters. The highest BCUT2D eigenvalue weighted by molar-refractivity contribution is 5.95. The Bertz CT molecular complexity index is 710. The Kier molecular flexibility index (Phi) is 5.27. The van der Waals surface area contributed by atoms with Gasteiger partial charge in [0.05, 0.1) is 12.8 Å². The van der Waals surface area contributed by atoms with Gasteiger partial charge in [-0.1, -0.05) is 18.2 Å². The van der Waals surface area contributed by atoms with Crippen LogP contribution in [-0.4, -0.2) is 19.1 Å². The molecule has 2 aromatic rings. The van der Waals surface area contributed by atoms with Gasteiger partial charge in [-0.25, -0.2) is 0 Å². The first-order chi connectivity index (χ1) is 10.9. The van der Waals surface area contributed by atoms with E-state index in [2.05, 4.69) is 5.32 Å². The minimum atomic E-state index is -0.610. The third kappa shape index (κ3) is 4.25. The van der Waals surface area contributed by atoms with Crippen LogP contribution in [0.1, 0.15) is 23.6 Å². The number of amides is 1. The quantitative estimate of drug-likeness (QED) is 0.906. The lowest BCUT2D eigenvalue weighted by Crippen LogP contribution is -2.30. The molecule has 2 rings (SSSR count). The van der Waals surface area contributed by atoms with Crippen molar-refractivity contribution >= 4 is 11.6 Å². The van der Waals surface area contributed by atoms with Crippen molar-refractivity contribution in [3.05, 3.63) is 53.1 Å². The van der Waals surface area contributed by atoms with Crippen LogP contribution in [0.4, 0.5) is 5.69 Å². The largest absolute Gasteiger partial charge is 0.495 e. The fraction of sp³-hybridized carbons (Fsp3) is 0.316. The summed E-state index contributed by atoms with van der Waals surface area (Å²) in [6.07, 6.45) is -0.610. The van der Waals surface area contributed by atoms with Crippen molar-refractivity contribution in [3.63, 3.8) is 0 Å². The topological polar surface area (TPSA) is 47.6 Å². The van der Waals surface area contributed by atoms with Crippen LogP contribution in [0.3, 0.4) is 0 Å². The summed E-state index contributed by atoms with van der Waals surface area (Å²) in [5.41, 5.74) is 3.79. The highest BCUT2D eigenvalue weighted by atomic mass is 16.5. The van der Waals surface area contributed by atoms with Crippen molar-refractivity contribution in [1.29, 1.82) is 0 Å². The molecule has 122 valence electrons. The van der Waals surface area contributed by atoms with Crippen molar-refractivity contribution < 1.29 is 14.3 Å². The number of benzene rings is 2. The zero-order valence-corrected chi connectivity index (χ0v) is 14.3. The molecule has 0 aliphatic heterocycles. The van der Waals surface area contributed by atoms with Gasteiger partial charge >= 0.3 is 0 Å². The molecule has 0 aromatic heterocycles. The normalized spacial score (nSPS) is 11.7. The summed E-state index contributed by atoms with van der Waals surface area (Å²) in [4.78, 5) is 12.4. The van der Waals surface area contributed by atoms with Crippen LogP contribution in [0.5, 0.6) is 11.5 Å². The SMILES string of the molecule is COc1ccc(C)cc1NC(=O)[C@H](C)Oc1cc(C)ccc1C. The van der Waals surface area contributed by atoms with E-state index in [0.29, 0.717) is 11.4 Å². The number of anilines is 1. The van der Waals surface area contributed by atoms with Crippen LogP contribution in [0.15, 0.2) is 36.4 Å². The second kappa shape index (κ2) is 7.18. The number of carbonyl (C=O) groups excluding carboxylic acids is 1. The monoisotopic (exact) mass is 313 g/mol. The van der Waals surface area contributed by atoms with E-state index >= 15 is 0 Å². The molecule has 23 heavy (non-hydrogen) atoms. The molecule has 4 heteroatoms. The van der Waals surface area contributed by atoms with Gasteiger partial charge in [-0.05, 0) is 62.6 Å². The molecule has 0 fully saturated rings. The fourth-order valence-corrected chi connectivity index (χ4v) is 2.23. The summed E-state index contributed by atoms with van der Waals surface area (Å²) < 4.78 is 11.1. The minimum absolute atomic E-state index is 0.213. The molecule has 1 amide bonds. The van der Waals surface area contributed by atoms with Crippen LogP contribution in [0, 0.1) is 20.8 Å². The van der Waals surface area contributed by atoms with E-state index in [1.807, 2.05) is 57.2 Å². The van der Waals surface area contributed by atoms with Crippen LogP contribution < -0.4 is 14.8 Å². The van der Waals surface area contributed by atoms with Crippen molar-refractivity contribution in [2.24, 2.45) is 0 Å². The van der Waals surface area contributed by atoms with Gasteiger partial charge in [0, 0.05) is 0 Å². The van der Waals surface area contributed by atoms with Crippen molar-refractivity contribution in [3.8, 4) is 11.5 Å². The molecule has 0 saturated carbocycles. The first-order valence-electron chi connectivity index (χ1n) is 7.60. The van der Waals surface area contributed by atoms with E-state index in [4.69, 9.17) is 9.47 Å². The Morgan fingerprint density at radius 3 is 2.35 bits per heavy atom. The van der Waals surface area contributed by atoms with Gasteiger partial charge in [0.25, 0.3) is 5.91 Å². The summed E-state index contributed by atoms with van der Waals surface area (Å²) in [5, 5.41) is 2.87. The average molecular weight is 313 g/mol. The molecular weight excluding hydrogens is 290 g/mol. The Morgan fingerprint density at radius 2 is 1.65 bits per heavy atom. The van der Waals surface area contributed by atoms with Crippen molar-refractivity contribution in [2.75, 3.05) is 12.4 Å². The van der Waals surface area contributed by atoms with E-state index in [1.54, 1.807) is 14.0 Å². The van der Waals surface area contributed by atoms with Crippen molar-refractivity contribution in [2.45, 2.75) is 33.8 Å². The predicted molar refractivity (Wildman–Crippen MR) is 92.4 cm³/mol. The number of aryl methyl sites for hydroxylation is 3. The third-order valence-corrected chi connectivity index (χ3v) is 3.63. The standard InChI is InChI=1S/C19H23NO3/c1-12-7-9-17(22-5)16(10-12)20-19(21)15(4)23-18-11-13(2)6-8-14(18)3/h6-11,15H,1-5H3,(H,20,21)/t15-/m0/s1. The smallest absolute Gasteiger partial charge is 0.265 e. The Morgan fingerprint density at radius 1 is 1.00 bits per heavy atom. The molecule has 0 aliphatic carbocycles. The average Bonchev–Trinajstić information content (AvgIpc) is 2.51. The molecule has 1 N–H and O–H groups in total. The summed E-state index contributed by atoms with van der Waals surface area (Å²) in [5.74, 6) is 1.14. The molecular formula is C19H23NO3. The highest BCUT2D eigenvalue weighted by Gasteiger charge is 2.17. The lowest BCUT2D eigenvalue weighted by atomic mass is 10.1. The molecule has 0 unspecified atom stereocenters. The first-order valence-corrected chi connectivity index (χ1v) is 7.60. The number of hydrogen-bond donors (Lipinski definition) is 1. The van der Waals surface area contributed by atoms with Gasteiger partial charge in [0.1, 0.15) is 11.5 Å². The fourth-order valence-electron chi connectivity index (χ4n) is 2.23. The molecule has 0 radical (unpaired) electrons. The second-order valence-corrected chi connectivity index (χ2v) is 5.72. The van der Waals surface area contributed by atoms with E-state index in [0.717, 1.165) is 22.4 Å². The Labute approximate surface area is 137 Å². The van der Waals surface area contributed by atoms with Crippen LogP contribution in [0.2, 0.25) is 0 Å². The first kappa shape index (κ1) is 16.9. The number of nitrogens with one attached hydrogen (secondary N) is 1. The zero-order valence-electron chi connectivity index (χ0n) is 14.3. The lowest BCUT2D eigenvalue weighted by molar-refractivity contribution is -0.122. The molecule has 0 saturated heterocycles. The van der Waals surface area contributed by atoms with Crippen molar-refractivity contribution in [1.82, 2.24) is 0 Å². The molecule has 0 aliphatic rings. The van der Waals surface area contributed by atoms with Gasteiger partial charge in [-0.2, -0.15) is 0 Å². The van der Waals surface area contributed by atoms with Crippen LogP contribution >= 0.6 is 0 Å². The van der Waals surface area contributed by atoms with Gasteiger partial charge in [-0.15, -0.1) is 0 Å². The Balaban J connectivity index is 2.11. The van der Waals surface area contributed by atoms with E-state index in [1.165, 1.54) is 0 Å². The summed E-state index contributed by atoms with van der Waals surface area (Å²) in [6.45, 7) is 7.65. The van der Waals surface area contributed by atoms with Crippen LogP contribution in [-0.2, 0) is 4.79 Å². The van der Waals surface area contributed by atoms with E-state index in [-0.39, 0.29) is 5.91 Å². The van der Waals surface area contributed by atoms with E-state index in [9.17, 15) is 4.79 Å². The predicted octanol–water partition coefficient (Wildman–Crippen LogP) is 4.03. The molecule has 4 nitrogen and oxygen atoms in total.